The summed E-state index contributed by atoms with van der Waals surface area (Å²) in [6.07, 6.45) is 4.61. The zero-order valence-corrected chi connectivity index (χ0v) is 24.6. The number of ether oxygens (including phenoxy) is 1. The molecule has 7 nitrogen and oxygen atoms in total. The molecule has 3 aliphatic heterocycles. The maximum atomic E-state index is 5.79. The molecule has 0 amide bonds. The lowest BCUT2D eigenvalue weighted by atomic mass is 9.77. The largest absolute Gasteiger partial charge is 0.381 e. The molecule has 4 aromatic rings. The Morgan fingerprint density at radius 3 is 2.50 bits per heavy atom. The summed E-state index contributed by atoms with van der Waals surface area (Å²) in [6.45, 7) is 12.8. The number of hydrogen-bond acceptors (Lipinski definition) is 6. The predicted octanol–water partition coefficient (Wildman–Crippen LogP) is 6.39. The fourth-order valence-electron chi connectivity index (χ4n) is 7.27. The zero-order chi connectivity index (χ0) is 27.7. The van der Waals surface area contributed by atoms with Gasteiger partial charge in [0.1, 0.15) is 5.82 Å². The summed E-state index contributed by atoms with van der Waals surface area (Å²) in [4.78, 5) is 15.9. The van der Waals surface area contributed by atoms with E-state index in [2.05, 4.69) is 84.9 Å². The van der Waals surface area contributed by atoms with E-state index in [-0.39, 0.29) is 0 Å². The molecule has 2 bridgehead atoms. The van der Waals surface area contributed by atoms with Crippen LogP contribution in [0.4, 0.5) is 11.5 Å². The maximum absolute atomic E-state index is 5.79. The normalized spacial score (nSPS) is 22.1. The molecule has 40 heavy (non-hydrogen) atoms. The summed E-state index contributed by atoms with van der Waals surface area (Å²) in [7, 11) is 1.85. The number of rotatable bonds is 5. The van der Waals surface area contributed by atoms with Crippen LogP contribution < -0.4 is 9.80 Å². The van der Waals surface area contributed by atoms with E-state index in [1.54, 1.807) is 0 Å². The second-order valence-electron chi connectivity index (χ2n) is 12.4. The second-order valence-corrected chi connectivity index (χ2v) is 12.4. The minimum Gasteiger partial charge on any atom is -0.381 e. The van der Waals surface area contributed by atoms with Crippen LogP contribution in [0.5, 0.6) is 0 Å². The Morgan fingerprint density at radius 1 is 0.975 bits per heavy atom. The van der Waals surface area contributed by atoms with Gasteiger partial charge in [0.25, 0.3) is 0 Å². The van der Waals surface area contributed by atoms with Crippen LogP contribution in [0.25, 0.3) is 22.3 Å². The first-order chi connectivity index (χ1) is 19.3. The first kappa shape index (κ1) is 25.5. The van der Waals surface area contributed by atoms with E-state index in [0.29, 0.717) is 24.1 Å². The summed E-state index contributed by atoms with van der Waals surface area (Å²) in [5.74, 6) is 2.47. The highest BCUT2D eigenvalue weighted by Crippen LogP contribution is 2.45. The van der Waals surface area contributed by atoms with Gasteiger partial charge in [0.05, 0.1) is 17.3 Å². The van der Waals surface area contributed by atoms with Crippen molar-refractivity contribution in [2.75, 3.05) is 23.5 Å². The van der Waals surface area contributed by atoms with Crippen molar-refractivity contribution in [3.8, 4) is 11.4 Å². The van der Waals surface area contributed by atoms with Gasteiger partial charge in [-0.15, -0.1) is 0 Å². The quantitative estimate of drug-likeness (QED) is 0.319. The third-order valence-corrected chi connectivity index (χ3v) is 9.59. The molecule has 5 heterocycles. The third-order valence-electron chi connectivity index (χ3n) is 9.59. The first-order valence-corrected chi connectivity index (χ1v) is 14.8. The number of anilines is 2. The smallest absolute Gasteiger partial charge is 0.162 e. The molecule has 3 fully saturated rings. The standard InChI is InChI=1S/C33H40N6O/c1-18(2)22-9-7-19(3)29(13-22)38-12-11-27-26(17-38)33(39-23-14-24(39)16-25(15-23)40-6)35-32(34-27)30-20(4)8-10-28-31(30)21(5)36-37-28/h7-10,13,18,23-25H,11-12,14-17H2,1-6H3,(H,36,37)/t23-,24+,25?. The predicted molar refractivity (Wildman–Crippen MR) is 161 cm³/mol. The van der Waals surface area contributed by atoms with Crippen molar-refractivity contribution in [2.24, 2.45) is 0 Å². The Morgan fingerprint density at radius 2 is 1.75 bits per heavy atom. The van der Waals surface area contributed by atoms with E-state index in [1.807, 2.05) is 7.11 Å². The number of fused-ring (bicyclic) bond motifs is 4. The fourth-order valence-corrected chi connectivity index (χ4v) is 7.27. The highest BCUT2D eigenvalue weighted by atomic mass is 16.5. The molecule has 0 spiro atoms. The van der Waals surface area contributed by atoms with Gasteiger partial charge in [-0.05, 0) is 74.8 Å². The molecule has 0 radical (unpaired) electrons. The van der Waals surface area contributed by atoms with Crippen molar-refractivity contribution in [1.29, 1.82) is 0 Å². The molecule has 1 aliphatic carbocycles. The van der Waals surface area contributed by atoms with Gasteiger partial charge in [0.2, 0.25) is 0 Å². The Kier molecular flexibility index (Phi) is 6.11. The Labute approximate surface area is 237 Å². The van der Waals surface area contributed by atoms with Crippen molar-refractivity contribution in [1.82, 2.24) is 20.2 Å². The molecule has 208 valence electrons. The molecule has 7 heteroatoms. The number of aryl methyl sites for hydroxylation is 3. The van der Waals surface area contributed by atoms with Crippen LogP contribution >= 0.6 is 0 Å². The van der Waals surface area contributed by atoms with Crippen molar-refractivity contribution < 1.29 is 4.74 Å². The number of aromatic amines is 1. The van der Waals surface area contributed by atoms with Crippen molar-refractivity contribution in [3.63, 3.8) is 0 Å². The van der Waals surface area contributed by atoms with E-state index < -0.39 is 0 Å². The number of benzene rings is 2. The van der Waals surface area contributed by atoms with Crippen LogP contribution in [0.3, 0.4) is 0 Å². The topological polar surface area (TPSA) is 70.2 Å². The summed E-state index contributed by atoms with van der Waals surface area (Å²) in [5, 5.41) is 8.86. The van der Waals surface area contributed by atoms with E-state index in [4.69, 9.17) is 14.7 Å². The van der Waals surface area contributed by atoms with Crippen molar-refractivity contribution >= 4 is 22.4 Å². The van der Waals surface area contributed by atoms with Gasteiger partial charge in [-0.25, -0.2) is 9.97 Å². The molecule has 3 atom stereocenters. The first-order valence-electron chi connectivity index (χ1n) is 14.8. The van der Waals surface area contributed by atoms with Crippen molar-refractivity contribution in [2.45, 2.75) is 91.0 Å². The average Bonchev–Trinajstić information content (AvgIpc) is 3.33. The molecule has 1 unspecified atom stereocenters. The highest BCUT2D eigenvalue weighted by molar-refractivity contribution is 5.96. The monoisotopic (exact) mass is 536 g/mol. The fraction of sp³-hybridized carbons (Fsp3) is 0.485. The second kappa shape index (κ2) is 9.58. The van der Waals surface area contributed by atoms with E-state index in [1.165, 1.54) is 40.1 Å². The number of hydrogen-bond donors (Lipinski definition) is 1. The third kappa shape index (κ3) is 4.00. The SMILES string of the molecule is COC1C[C@@H]2C[C@H](C1)N2c1nc(-c2c(C)ccc3n[nH]c(C)c23)nc2c1CN(c1cc(C(C)C)ccc1C)CC2. The molecule has 2 aromatic carbocycles. The van der Waals surface area contributed by atoms with Crippen molar-refractivity contribution in [3.05, 3.63) is 64.0 Å². The Balaban J connectivity index is 1.36. The zero-order valence-electron chi connectivity index (χ0n) is 24.6. The number of H-pyrrole nitrogens is 1. The minimum absolute atomic E-state index is 0.347. The van der Waals surface area contributed by atoms with Crippen LogP contribution in [0.15, 0.2) is 30.3 Å². The molecule has 4 aliphatic rings. The molecule has 1 saturated carbocycles. The number of nitrogens with one attached hydrogen (secondary N) is 1. The summed E-state index contributed by atoms with van der Waals surface area (Å²) in [6, 6.07) is 12.1. The van der Waals surface area contributed by atoms with Gasteiger partial charge in [0.15, 0.2) is 5.82 Å². The number of methoxy groups -OCH3 is 1. The molecule has 1 N–H and O–H groups in total. The molecule has 8 rings (SSSR count). The van der Waals surface area contributed by atoms with Crippen LogP contribution in [-0.2, 0) is 17.7 Å². The Hall–Kier alpha value is -3.45. The maximum Gasteiger partial charge on any atom is 0.162 e. The lowest BCUT2D eigenvalue weighted by Crippen LogP contribution is -2.63. The van der Waals surface area contributed by atoms with Gasteiger partial charge in [-0.2, -0.15) is 5.10 Å². The van der Waals surface area contributed by atoms with E-state index >= 15 is 0 Å². The lowest BCUT2D eigenvalue weighted by Gasteiger charge is -2.56. The number of nitrogens with zero attached hydrogens (tertiary/aromatic N) is 5. The van der Waals surface area contributed by atoms with Gasteiger partial charge in [-0.3, -0.25) is 5.10 Å². The highest BCUT2D eigenvalue weighted by Gasteiger charge is 2.47. The number of piperidine rings is 1. The lowest BCUT2D eigenvalue weighted by molar-refractivity contribution is 0.0241. The van der Waals surface area contributed by atoms with Crippen LogP contribution in [0.2, 0.25) is 0 Å². The summed E-state index contributed by atoms with van der Waals surface area (Å²) < 4.78 is 5.79. The molecule has 2 aromatic heterocycles. The minimum atomic E-state index is 0.347. The van der Waals surface area contributed by atoms with Gasteiger partial charge in [0, 0.05) is 66.6 Å². The summed E-state index contributed by atoms with van der Waals surface area (Å²) in [5.41, 5.74) is 10.9. The molecular formula is C33H40N6O. The number of aromatic nitrogens is 4. The molecular weight excluding hydrogens is 496 g/mol. The van der Waals surface area contributed by atoms with Gasteiger partial charge < -0.3 is 14.5 Å². The molecule has 2 saturated heterocycles. The van der Waals surface area contributed by atoms with Gasteiger partial charge >= 0.3 is 0 Å². The van der Waals surface area contributed by atoms with E-state index in [0.717, 1.165) is 66.2 Å². The van der Waals surface area contributed by atoms with Gasteiger partial charge in [-0.1, -0.05) is 32.0 Å². The van der Waals surface area contributed by atoms with Crippen LogP contribution in [0, 0.1) is 20.8 Å². The Bertz CT molecular complexity index is 1590. The summed E-state index contributed by atoms with van der Waals surface area (Å²) >= 11 is 0. The van der Waals surface area contributed by atoms with Crippen LogP contribution in [-0.4, -0.2) is 52.0 Å². The van der Waals surface area contributed by atoms with Crippen LogP contribution in [0.1, 0.15) is 72.7 Å². The average molecular weight is 537 g/mol. The van der Waals surface area contributed by atoms with E-state index in [9.17, 15) is 0 Å².